The molecule has 0 atom stereocenters. The predicted octanol–water partition coefficient (Wildman–Crippen LogP) is 2.38. The first kappa shape index (κ1) is 17.8. The normalized spacial score (nSPS) is 10.6. The van der Waals surface area contributed by atoms with Crippen LogP contribution in [0.3, 0.4) is 0 Å². The molecule has 3 aromatic rings. The van der Waals surface area contributed by atoms with Crippen LogP contribution >= 0.6 is 11.3 Å². The van der Waals surface area contributed by atoms with Gasteiger partial charge in [0, 0.05) is 36.8 Å². The minimum absolute atomic E-state index is 0.146. The van der Waals surface area contributed by atoms with E-state index < -0.39 is 0 Å². The molecule has 8 heteroatoms. The third-order valence-corrected chi connectivity index (χ3v) is 4.50. The fourth-order valence-corrected chi connectivity index (χ4v) is 3.00. The molecule has 26 heavy (non-hydrogen) atoms. The van der Waals surface area contributed by atoms with Crippen molar-refractivity contribution in [1.82, 2.24) is 14.8 Å². The third kappa shape index (κ3) is 4.15. The summed E-state index contributed by atoms with van der Waals surface area (Å²) >= 11 is 1.58. The molecule has 0 aliphatic heterocycles. The van der Waals surface area contributed by atoms with Crippen molar-refractivity contribution < 1.29 is 4.79 Å². The minimum Gasteiger partial charge on any atom is -0.376 e. The number of nitrogens with zero attached hydrogens (tertiary/aromatic N) is 4. The Labute approximate surface area is 154 Å². The summed E-state index contributed by atoms with van der Waals surface area (Å²) in [6, 6.07) is 8.90. The van der Waals surface area contributed by atoms with E-state index in [1.165, 1.54) is 6.07 Å². The van der Waals surface area contributed by atoms with E-state index in [0.29, 0.717) is 11.4 Å². The van der Waals surface area contributed by atoms with Crippen molar-refractivity contribution in [2.24, 2.45) is 0 Å². The number of amides is 1. The lowest BCUT2D eigenvalue weighted by Gasteiger charge is -2.12. The van der Waals surface area contributed by atoms with E-state index >= 15 is 0 Å². The summed E-state index contributed by atoms with van der Waals surface area (Å²) in [5, 5.41) is 9.81. The Hall–Kier alpha value is -3.00. The zero-order chi connectivity index (χ0) is 18.7. The van der Waals surface area contributed by atoms with E-state index in [2.05, 4.69) is 15.4 Å². The van der Waals surface area contributed by atoms with Crippen LogP contribution in [0.15, 0.2) is 46.7 Å². The number of carbonyl (C=O) groups excluding carboxylic acids is 1. The van der Waals surface area contributed by atoms with Gasteiger partial charge < -0.3 is 10.2 Å². The number of hydrogen-bond donors (Lipinski definition) is 1. The van der Waals surface area contributed by atoms with Crippen LogP contribution in [0.1, 0.15) is 5.01 Å². The summed E-state index contributed by atoms with van der Waals surface area (Å²) in [6.07, 6.45) is 1.56. The summed E-state index contributed by atoms with van der Waals surface area (Å²) in [4.78, 5) is 30.6. The van der Waals surface area contributed by atoms with Crippen LogP contribution < -0.4 is 15.8 Å². The van der Waals surface area contributed by atoms with Gasteiger partial charge in [0.2, 0.25) is 5.91 Å². The average Bonchev–Trinajstić information content (AvgIpc) is 3.03. The Morgan fingerprint density at radius 3 is 2.77 bits per heavy atom. The van der Waals surface area contributed by atoms with E-state index in [-0.39, 0.29) is 18.0 Å². The molecule has 0 aliphatic rings. The van der Waals surface area contributed by atoms with Gasteiger partial charge in [-0.2, -0.15) is 5.10 Å². The second-order valence-electron chi connectivity index (χ2n) is 5.98. The Morgan fingerprint density at radius 2 is 2.12 bits per heavy atom. The number of carbonyl (C=O) groups is 1. The standard InChI is InChI=1S/C18H19N5O2S/c1-12-20-16(11-26-12)13-5-4-6-14(7-13)21-17(24)10-23-18(25)8-15(9-19-23)22(2)3/h4-9,11H,10H2,1-3H3,(H,21,24). The Bertz CT molecular complexity index is 993. The monoisotopic (exact) mass is 369 g/mol. The smallest absolute Gasteiger partial charge is 0.269 e. The molecule has 0 fully saturated rings. The van der Waals surface area contributed by atoms with Gasteiger partial charge in [0.15, 0.2) is 0 Å². The van der Waals surface area contributed by atoms with Crippen LogP contribution in [-0.4, -0.2) is 34.8 Å². The average molecular weight is 369 g/mol. The van der Waals surface area contributed by atoms with Gasteiger partial charge in [0.1, 0.15) is 6.54 Å². The van der Waals surface area contributed by atoms with Gasteiger partial charge >= 0.3 is 0 Å². The number of thiazole rings is 1. The van der Waals surface area contributed by atoms with Crippen LogP contribution in [0.2, 0.25) is 0 Å². The molecule has 0 spiro atoms. The quantitative estimate of drug-likeness (QED) is 0.747. The fourth-order valence-electron chi connectivity index (χ4n) is 2.38. The number of aromatic nitrogens is 3. The lowest BCUT2D eigenvalue weighted by atomic mass is 10.1. The third-order valence-electron chi connectivity index (χ3n) is 3.73. The predicted molar refractivity (Wildman–Crippen MR) is 104 cm³/mol. The Morgan fingerprint density at radius 1 is 1.31 bits per heavy atom. The molecular weight excluding hydrogens is 350 g/mol. The first-order valence-electron chi connectivity index (χ1n) is 7.99. The van der Waals surface area contributed by atoms with Crippen LogP contribution in [-0.2, 0) is 11.3 Å². The molecular formula is C18H19N5O2S. The molecule has 2 aromatic heterocycles. The fraction of sp³-hybridized carbons (Fsp3) is 0.222. The largest absolute Gasteiger partial charge is 0.376 e. The second-order valence-corrected chi connectivity index (χ2v) is 7.05. The van der Waals surface area contributed by atoms with Gasteiger partial charge in [0.05, 0.1) is 22.6 Å². The molecule has 3 rings (SSSR count). The molecule has 0 bridgehead atoms. The lowest BCUT2D eigenvalue weighted by Crippen LogP contribution is -2.30. The molecule has 1 aromatic carbocycles. The highest BCUT2D eigenvalue weighted by Gasteiger charge is 2.09. The molecule has 0 saturated heterocycles. The number of benzene rings is 1. The Kier molecular flexibility index (Phi) is 5.13. The molecule has 0 aliphatic carbocycles. The summed E-state index contributed by atoms with van der Waals surface area (Å²) in [6.45, 7) is 1.80. The minimum atomic E-state index is -0.321. The van der Waals surface area contributed by atoms with Crippen LogP contribution in [0.25, 0.3) is 11.3 Å². The highest BCUT2D eigenvalue weighted by atomic mass is 32.1. The van der Waals surface area contributed by atoms with Crippen molar-refractivity contribution >= 4 is 28.6 Å². The molecule has 0 radical (unpaired) electrons. The van der Waals surface area contributed by atoms with Crippen molar-refractivity contribution in [3.8, 4) is 11.3 Å². The van der Waals surface area contributed by atoms with Crippen molar-refractivity contribution in [1.29, 1.82) is 0 Å². The molecule has 1 N–H and O–H groups in total. The van der Waals surface area contributed by atoms with Crippen molar-refractivity contribution in [3.63, 3.8) is 0 Å². The number of hydrogen-bond acceptors (Lipinski definition) is 6. The van der Waals surface area contributed by atoms with E-state index in [4.69, 9.17) is 0 Å². The number of aryl methyl sites for hydroxylation is 1. The zero-order valence-corrected chi connectivity index (χ0v) is 15.6. The molecule has 2 heterocycles. The number of rotatable bonds is 5. The van der Waals surface area contributed by atoms with E-state index in [9.17, 15) is 9.59 Å². The Balaban J connectivity index is 1.72. The van der Waals surface area contributed by atoms with Crippen molar-refractivity contribution in [3.05, 3.63) is 57.3 Å². The van der Waals surface area contributed by atoms with Gasteiger partial charge in [-0.3, -0.25) is 9.59 Å². The first-order valence-corrected chi connectivity index (χ1v) is 8.87. The van der Waals surface area contributed by atoms with Crippen LogP contribution in [0, 0.1) is 6.92 Å². The van der Waals surface area contributed by atoms with Gasteiger partial charge in [-0.05, 0) is 19.1 Å². The molecule has 1 amide bonds. The second kappa shape index (κ2) is 7.49. The van der Waals surface area contributed by atoms with Crippen molar-refractivity contribution in [2.75, 3.05) is 24.3 Å². The molecule has 7 nitrogen and oxygen atoms in total. The summed E-state index contributed by atoms with van der Waals surface area (Å²) in [5.41, 5.74) is 2.82. The van der Waals surface area contributed by atoms with Crippen LogP contribution in [0.5, 0.6) is 0 Å². The van der Waals surface area contributed by atoms with Gasteiger partial charge in [-0.15, -0.1) is 11.3 Å². The highest BCUT2D eigenvalue weighted by molar-refractivity contribution is 7.09. The van der Waals surface area contributed by atoms with Gasteiger partial charge in [0.25, 0.3) is 5.56 Å². The summed E-state index contributed by atoms with van der Waals surface area (Å²) in [7, 11) is 3.65. The van der Waals surface area contributed by atoms with Crippen LogP contribution in [0.4, 0.5) is 11.4 Å². The maximum Gasteiger partial charge on any atom is 0.269 e. The summed E-state index contributed by atoms with van der Waals surface area (Å²) < 4.78 is 1.13. The zero-order valence-electron chi connectivity index (χ0n) is 14.8. The van der Waals surface area contributed by atoms with Gasteiger partial charge in [-0.1, -0.05) is 12.1 Å². The maximum absolute atomic E-state index is 12.3. The maximum atomic E-state index is 12.3. The van der Waals surface area contributed by atoms with E-state index in [1.54, 1.807) is 28.5 Å². The number of nitrogens with one attached hydrogen (secondary N) is 1. The first-order chi connectivity index (χ1) is 12.4. The van der Waals surface area contributed by atoms with E-state index in [1.807, 2.05) is 44.6 Å². The lowest BCUT2D eigenvalue weighted by molar-refractivity contribution is -0.117. The van der Waals surface area contributed by atoms with Gasteiger partial charge in [-0.25, -0.2) is 9.67 Å². The summed E-state index contributed by atoms with van der Waals surface area (Å²) in [5.74, 6) is -0.316. The molecule has 134 valence electrons. The highest BCUT2D eigenvalue weighted by Crippen LogP contribution is 2.24. The molecule has 0 unspecified atom stereocenters. The van der Waals surface area contributed by atoms with E-state index in [0.717, 1.165) is 20.9 Å². The molecule has 0 saturated carbocycles. The topological polar surface area (TPSA) is 80.1 Å². The SMILES string of the molecule is Cc1nc(-c2cccc(NC(=O)Cn3ncc(N(C)C)cc3=O)c2)cs1. The number of anilines is 2. The van der Waals surface area contributed by atoms with Crippen molar-refractivity contribution in [2.45, 2.75) is 13.5 Å².